The van der Waals surface area contributed by atoms with Gasteiger partial charge in [0.15, 0.2) is 4.34 Å². The summed E-state index contributed by atoms with van der Waals surface area (Å²) in [5, 5.41) is 11.1. The molecule has 1 amide bonds. The van der Waals surface area contributed by atoms with Crippen LogP contribution in [0.2, 0.25) is 5.02 Å². The third-order valence-electron chi connectivity index (χ3n) is 3.18. The van der Waals surface area contributed by atoms with Gasteiger partial charge in [-0.3, -0.25) is 14.4 Å². The zero-order valence-electron chi connectivity index (χ0n) is 14.9. The first-order chi connectivity index (χ1) is 12.7. The second kappa shape index (κ2) is 9.58. The summed E-state index contributed by atoms with van der Waals surface area (Å²) in [4.78, 5) is 12.4. The summed E-state index contributed by atoms with van der Waals surface area (Å²) in [6, 6.07) is 4.54. The van der Waals surface area contributed by atoms with E-state index in [9.17, 15) is 13.2 Å². The van der Waals surface area contributed by atoms with E-state index in [0.29, 0.717) is 10.2 Å². The molecule has 0 bridgehead atoms. The van der Waals surface area contributed by atoms with Crippen molar-refractivity contribution in [3.63, 3.8) is 0 Å². The Hall–Kier alpha value is -1.56. The molecule has 2 rings (SSSR count). The lowest BCUT2D eigenvalue weighted by molar-refractivity contribution is -0.114. The molecular weight excluding hydrogens is 432 g/mol. The van der Waals surface area contributed by atoms with Crippen LogP contribution in [-0.2, 0) is 14.8 Å². The molecule has 0 aliphatic rings. The molecule has 2 aromatic rings. The predicted octanol–water partition coefficient (Wildman–Crippen LogP) is 3.11. The summed E-state index contributed by atoms with van der Waals surface area (Å²) in [7, 11) is -2.36. The summed E-state index contributed by atoms with van der Waals surface area (Å²) >= 11 is 8.76. The minimum atomic E-state index is -3.76. The number of hydrogen-bond donors (Lipinski definition) is 1. The van der Waals surface area contributed by atoms with Crippen molar-refractivity contribution in [1.29, 1.82) is 0 Å². The number of hydrogen-bond acceptors (Lipinski definition) is 8. The zero-order chi connectivity index (χ0) is 20.0. The molecule has 0 spiro atoms. The number of ether oxygens (including phenoxy) is 1. The molecule has 1 aromatic heterocycles. The van der Waals surface area contributed by atoms with Crippen LogP contribution in [0.1, 0.15) is 13.3 Å². The van der Waals surface area contributed by atoms with Crippen molar-refractivity contribution in [2.75, 3.05) is 35.3 Å². The maximum atomic E-state index is 12.4. The Morgan fingerprint density at radius 1 is 1.41 bits per heavy atom. The van der Waals surface area contributed by atoms with E-state index in [1.54, 1.807) is 17.8 Å². The number of nitrogens with zero attached hydrogens (tertiary/aromatic N) is 3. The SMILES string of the molecule is CCCSc1nnc(NC(=O)CN(c2cc(Cl)ccc2OC)S(C)(=O)=O)s1. The number of halogens is 1. The molecule has 0 atom stereocenters. The summed E-state index contributed by atoms with van der Waals surface area (Å²) in [6.45, 7) is 1.60. The van der Waals surface area contributed by atoms with Crippen LogP contribution in [-0.4, -0.2) is 50.2 Å². The molecule has 0 unspecified atom stereocenters. The van der Waals surface area contributed by atoms with E-state index in [1.807, 2.05) is 0 Å². The number of amides is 1. The number of rotatable bonds is 9. The van der Waals surface area contributed by atoms with Gasteiger partial charge in [0.05, 0.1) is 19.1 Å². The highest BCUT2D eigenvalue weighted by Gasteiger charge is 2.25. The number of carbonyl (C=O) groups excluding carboxylic acids is 1. The average Bonchev–Trinajstić information content (AvgIpc) is 3.04. The fourth-order valence-electron chi connectivity index (χ4n) is 2.04. The molecular formula is C15H19ClN4O4S3. The van der Waals surface area contributed by atoms with Crippen LogP contribution in [0, 0.1) is 0 Å². The van der Waals surface area contributed by atoms with E-state index < -0.39 is 22.5 Å². The fourth-order valence-corrected chi connectivity index (χ4v) is 4.75. The van der Waals surface area contributed by atoms with E-state index in [-0.39, 0.29) is 11.4 Å². The maximum Gasteiger partial charge on any atom is 0.246 e. The van der Waals surface area contributed by atoms with E-state index in [2.05, 4.69) is 22.4 Å². The van der Waals surface area contributed by atoms with Gasteiger partial charge in [0.2, 0.25) is 21.1 Å². The summed E-state index contributed by atoms with van der Waals surface area (Å²) < 4.78 is 31.3. The monoisotopic (exact) mass is 450 g/mol. The van der Waals surface area contributed by atoms with E-state index in [1.165, 1.54) is 30.6 Å². The van der Waals surface area contributed by atoms with Crippen molar-refractivity contribution in [2.45, 2.75) is 17.7 Å². The molecule has 1 heterocycles. The lowest BCUT2D eigenvalue weighted by Gasteiger charge is -2.23. The first-order valence-electron chi connectivity index (χ1n) is 7.82. The van der Waals surface area contributed by atoms with Crippen LogP contribution in [0.15, 0.2) is 22.5 Å². The molecule has 0 fully saturated rings. The molecule has 0 aliphatic heterocycles. The summed E-state index contributed by atoms with van der Waals surface area (Å²) in [5.74, 6) is 0.636. The number of methoxy groups -OCH3 is 1. The zero-order valence-corrected chi connectivity index (χ0v) is 18.1. The number of anilines is 2. The van der Waals surface area contributed by atoms with Gasteiger partial charge in [-0.15, -0.1) is 10.2 Å². The van der Waals surface area contributed by atoms with Crippen LogP contribution < -0.4 is 14.4 Å². The molecule has 8 nitrogen and oxygen atoms in total. The molecule has 1 N–H and O–H groups in total. The quantitative estimate of drug-likeness (QED) is 0.462. The largest absolute Gasteiger partial charge is 0.495 e. The van der Waals surface area contributed by atoms with Gasteiger partial charge >= 0.3 is 0 Å². The van der Waals surface area contributed by atoms with Crippen LogP contribution in [0.25, 0.3) is 0 Å². The average molecular weight is 451 g/mol. The van der Waals surface area contributed by atoms with Crippen molar-refractivity contribution in [2.24, 2.45) is 0 Å². The minimum absolute atomic E-state index is 0.180. The van der Waals surface area contributed by atoms with Crippen molar-refractivity contribution >= 4 is 61.4 Å². The standard InChI is InChI=1S/C15H19ClN4O4S3/c1-4-7-25-15-19-18-14(26-15)17-13(21)9-20(27(3,22)23)11-8-10(16)5-6-12(11)24-2/h5-6,8H,4,7,9H2,1-3H3,(H,17,18,21). The molecule has 27 heavy (non-hydrogen) atoms. The second-order valence-electron chi connectivity index (χ2n) is 5.36. The predicted molar refractivity (Wildman–Crippen MR) is 110 cm³/mol. The Kier molecular flexibility index (Phi) is 7.71. The number of sulfonamides is 1. The molecule has 0 saturated heterocycles. The normalized spacial score (nSPS) is 11.3. The Morgan fingerprint density at radius 2 is 2.15 bits per heavy atom. The summed E-state index contributed by atoms with van der Waals surface area (Å²) in [5.41, 5.74) is 0.180. The number of benzene rings is 1. The Labute approximate surface area is 171 Å². The van der Waals surface area contributed by atoms with Crippen LogP contribution in [0.5, 0.6) is 5.75 Å². The topological polar surface area (TPSA) is 101 Å². The smallest absolute Gasteiger partial charge is 0.246 e. The second-order valence-corrected chi connectivity index (χ2v) is 10.0. The van der Waals surface area contributed by atoms with Crippen molar-refractivity contribution in [1.82, 2.24) is 10.2 Å². The third kappa shape index (κ3) is 6.23. The maximum absolute atomic E-state index is 12.4. The molecule has 12 heteroatoms. The van der Waals surface area contributed by atoms with E-state index in [4.69, 9.17) is 16.3 Å². The fraction of sp³-hybridized carbons (Fsp3) is 0.400. The lowest BCUT2D eigenvalue weighted by atomic mass is 10.3. The van der Waals surface area contributed by atoms with E-state index >= 15 is 0 Å². The minimum Gasteiger partial charge on any atom is -0.495 e. The van der Waals surface area contributed by atoms with Gasteiger partial charge in [-0.25, -0.2) is 8.42 Å². The van der Waals surface area contributed by atoms with Gasteiger partial charge in [0, 0.05) is 10.8 Å². The number of nitrogens with one attached hydrogen (secondary N) is 1. The first-order valence-corrected chi connectivity index (χ1v) is 11.8. The Balaban J connectivity index is 2.18. The summed E-state index contributed by atoms with van der Waals surface area (Å²) in [6.07, 6.45) is 2.00. The number of aromatic nitrogens is 2. The lowest BCUT2D eigenvalue weighted by Crippen LogP contribution is -2.37. The third-order valence-corrected chi connectivity index (χ3v) is 6.72. The van der Waals surface area contributed by atoms with Gasteiger partial charge in [0.1, 0.15) is 12.3 Å². The Morgan fingerprint density at radius 3 is 2.78 bits per heavy atom. The van der Waals surface area contributed by atoms with Crippen LogP contribution in [0.4, 0.5) is 10.8 Å². The molecule has 1 aromatic carbocycles. The highest BCUT2D eigenvalue weighted by Crippen LogP contribution is 2.33. The molecule has 0 aliphatic carbocycles. The van der Waals surface area contributed by atoms with Crippen LogP contribution in [0.3, 0.4) is 0 Å². The molecule has 0 saturated carbocycles. The van der Waals surface area contributed by atoms with Crippen LogP contribution >= 0.6 is 34.7 Å². The van der Waals surface area contributed by atoms with E-state index in [0.717, 1.165) is 27.1 Å². The molecule has 0 radical (unpaired) electrons. The number of carbonyl (C=O) groups is 1. The van der Waals surface area contributed by atoms with Crippen molar-refractivity contribution < 1.29 is 17.9 Å². The van der Waals surface area contributed by atoms with Crippen molar-refractivity contribution in [3.05, 3.63) is 23.2 Å². The van der Waals surface area contributed by atoms with Gasteiger partial charge < -0.3 is 4.74 Å². The highest BCUT2D eigenvalue weighted by atomic mass is 35.5. The van der Waals surface area contributed by atoms with Gasteiger partial charge in [-0.2, -0.15) is 0 Å². The molecule has 148 valence electrons. The van der Waals surface area contributed by atoms with Gasteiger partial charge in [-0.1, -0.05) is 41.6 Å². The highest BCUT2D eigenvalue weighted by molar-refractivity contribution is 8.01. The van der Waals surface area contributed by atoms with Crippen molar-refractivity contribution in [3.8, 4) is 5.75 Å². The Bertz CT molecular complexity index is 904. The number of thioether (sulfide) groups is 1. The van der Waals surface area contributed by atoms with Gasteiger partial charge in [0.25, 0.3) is 0 Å². The van der Waals surface area contributed by atoms with Gasteiger partial charge in [-0.05, 0) is 24.6 Å². The first kappa shape index (κ1) is 21.7.